The standard InChI is InChI=1S/C15H23NO/c1-11(2)16-10-15(17)14-8-7-12-5-3-4-6-13(12)9-14/h3-6,11,14-17H,7-10H2,1-2H3/t14-,15+/m1/s1. The third-order valence-electron chi connectivity index (χ3n) is 3.66. The molecule has 2 nitrogen and oxygen atoms in total. The molecular formula is C15H23NO. The molecule has 0 amide bonds. The summed E-state index contributed by atoms with van der Waals surface area (Å²) in [5.41, 5.74) is 2.89. The number of aryl methyl sites for hydroxylation is 1. The van der Waals surface area contributed by atoms with E-state index >= 15 is 0 Å². The predicted molar refractivity (Wildman–Crippen MR) is 71.1 cm³/mol. The van der Waals surface area contributed by atoms with Crippen LogP contribution in [-0.4, -0.2) is 23.8 Å². The topological polar surface area (TPSA) is 32.3 Å². The molecule has 94 valence electrons. The first-order valence-corrected chi connectivity index (χ1v) is 6.65. The van der Waals surface area contributed by atoms with Crippen LogP contribution < -0.4 is 5.32 Å². The summed E-state index contributed by atoms with van der Waals surface area (Å²) in [6.45, 7) is 4.94. The minimum Gasteiger partial charge on any atom is -0.392 e. The molecule has 0 bridgehead atoms. The van der Waals surface area contributed by atoms with E-state index in [0.717, 1.165) is 19.3 Å². The number of nitrogens with one attached hydrogen (secondary N) is 1. The van der Waals surface area contributed by atoms with Gasteiger partial charge < -0.3 is 10.4 Å². The van der Waals surface area contributed by atoms with E-state index in [2.05, 4.69) is 43.4 Å². The number of aliphatic hydroxyl groups excluding tert-OH is 1. The van der Waals surface area contributed by atoms with Gasteiger partial charge in [0, 0.05) is 12.6 Å². The van der Waals surface area contributed by atoms with E-state index in [4.69, 9.17) is 0 Å². The Morgan fingerprint density at radius 1 is 1.29 bits per heavy atom. The van der Waals surface area contributed by atoms with Crippen molar-refractivity contribution in [3.05, 3.63) is 35.4 Å². The molecule has 0 heterocycles. The quantitative estimate of drug-likeness (QED) is 0.835. The Balaban J connectivity index is 1.93. The number of benzene rings is 1. The molecule has 2 heteroatoms. The maximum absolute atomic E-state index is 10.2. The number of hydrogen-bond acceptors (Lipinski definition) is 2. The van der Waals surface area contributed by atoms with Gasteiger partial charge in [0.15, 0.2) is 0 Å². The largest absolute Gasteiger partial charge is 0.392 e. The lowest BCUT2D eigenvalue weighted by atomic mass is 9.81. The normalized spacial score (nSPS) is 21.3. The van der Waals surface area contributed by atoms with Crippen molar-refractivity contribution in [2.75, 3.05) is 6.54 Å². The molecule has 0 saturated heterocycles. The molecule has 2 atom stereocenters. The molecule has 0 spiro atoms. The summed E-state index contributed by atoms with van der Waals surface area (Å²) in [6.07, 6.45) is 3.03. The highest BCUT2D eigenvalue weighted by molar-refractivity contribution is 5.29. The van der Waals surface area contributed by atoms with Gasteiger partial charge in [-0.2, -0.15) is 0 Å². The Morgan fingerprint density at radius 3 is 2.71 bits per heavy atom. The minimum absolute atomic E-state index is 0.217. The molecule has 0 fully saturated rings. The molecule has 0 saturated carbocycles. The van der Waals surface area contributed by atoms with Crippen LogP contribution >= 0.6 is 0 Å². The van der Waals surface area contributed by atoms with Crippen molar-refractivity contribution in [3.63, 3.8) is 0 Å². The van der Waals surface area contributed by atoms with Gasteiger partial charge in [-0.05, 0) is 36.3 Å². The predicted octanol–water partition coefficient (Wildman–Crippen LogP) is 2.15. The van der Waals surface area contributed by atoms with Crippen molar-refractivity contribution < 1.29 is 5.11 Å². The molecule has 0 unspecified atom stereocenters. The average Bonchev–Trinajstić information content (AvgIpc) is 2.35. The summed E-state index contributed by atoms with van der Waals surface area (Å²) in [6, 6.07) is 9.06. The highest BCUT2D eigenvalue weighted by Gasteiger charge is 2.24. The molecule has 2 N–H and O–H groups in total. The van der Waals surface area contributed by atoms with E-state index in [9.17, 15) is 5.11 Å². The van der Waals surface area contributed by atoms with E-state index < -0.39 is 0 Å². The second-order valence-electron chi connectivity index (χ2n) is 5.40. The summed E-state index contributed by atoms with van der Waals surface area (Å²) in [7, 11) is 0. The lowest BCUT2D eigenvalue weighted by molar-refractivity contribution is 0.0960. The van der Waals surface area contributed by atoms with Crippen LogP contribution in [0.2, 0.25) is 0 Å². The van der Waals surface area contributed by atoms with Crippen molar-refractivity contribution in [2.45, 2.75) is 45.3 Å². The van der Waals surface area contributed by atoms with Crippen LogP contribution in [0.15, 0.2) is 24.3 Å². The molecule has 0 aromatic heterocycles. The smallest absolute Gasteiger partial charge is 0.0696 e. The highest BCUT2D eigenvalue weighted by Crippen LogP contribution is 2.27. The van der Waals surface area contributed by atoms with Crippen LogP contribution in [-0.2, 0) is 12.8 Å². The summed E-state index contributed by atoms with van der Waals surface area (Å²) in [5, 5.41) is 13.5. The molecule has 1 aromatic carbocycles. The van der Waals surface area contributed by atoms with Gasteiger partial charge in [0.25, 0.3) is 0 Å². The Kier molecular flexibility index (Phi) is 4.19. The van der Waals surface area contributed by atoms with Gasteiger partial charge >= 0.3 is 0 Å². The lowest BCUT2D eigenvalue weighted by Crippen LogP contribution is -2.38. The molecule has 1 aliphatic rings. The van der Waals surface area contributed by atoms with Gasteiger partial charge in [-0.1, -0.05) is 38.1 Å². The first kappa shape index (κ1) is 12.6. The molecule has 0 aliphatic heterocycles. The van der Waals surface area contributed by atoms with E-state index in [1.54, 1.807) is 0 Å². The van der Waals surface area contributed by atoms with Crippen molar-refractivity contribution >= 4 is 0 Å². The van der Waals surface area contributed by atoms with Gasteiger partial charge in [-0.15, -0.1) is 0 Å². The van der Waals surface area contributed by atoms with Crippen molar-refractivity contribution in [1.29, 1.82) is 0 Å². The van der Waals surface area contributed by atoms with Crippen LogP contribution in [0.1, 0.15) is 31.4 Å². The average molecular weight is 233 g/mol. The Morgan fingerprint density at radius 2 is 2.00 bits per heavy atom. The summed E-state index contributed by atoms with van der Waals surface area (Å²) in [5.74, 6) is 0.413. The van der Waals surface area contributed by atoms with Gasteiger partial charge in [0.1, 0.15) is 0 Å². The summed E-state index contributed by atoms with van der Waals surface area (Å²) >= 11 is 0. The zero-order valence-electron chi connectivity index (χ0n) is 10.8. The number of aliphatic hydroxyl groups is 1. The van der Waals surface area contributed by atoms with Crippen LogP contribution in [0.3, 0.4) is 0 Å². The Hall–Kier alpha value is -0.860. The van der Waals surface area contributed by atoms with Crippen molar-refractivity contribution in [3.8, 4) is 0 Å². The number of rotatable bonds is 4. The van der Waals surface area contributed by atoms with Crippen LogP contribution in [0.4, 0.5) is 0 Å². The van der Waals surface area contributed by atoms with Crippen molar-refractivity contribution in [1.82, 2.24) is 5.32 Å². The van der Waals surface area contributed by atoms with Gasteiger partial charge in [0.2, 0.25) is 0 Å². The lowest BCUT2D eigenvalue weighted by Gasteiger charge is -2.29. The SMILES string of the molecule is CC(C)NC[C@H](O)[C@@H]1CCc2ccccc2C1. The van der Waals surface area contributed by atoms with E-state index in [-0.39, 0.29) is 6.10 Å². The van der Waals surface area contributed by atoms with Gasteiger partial charge in [-0.3, -0.25) is 0 Å². The monoisotopic (exact) mass is 233 g/mol. The molecule has 1 aliphatic carbocycles. The summed E-state index contributed by atoms with van der Waals surface area (Å²) in [4.78, 5) is 0. The minimum atomic E-state index is -0.217. The molecule has 2 rings (SSSR count). The molecule has 0 radical (unpaired) electrons. The third-order valence-corrected chi connectivity index (χ3v) is 3.66. The number of hydrogen-bond donors (Lipinski definition) is 2. The van der Waals surface area contributed by atoms with E-state index in [1.807, 2.05) is 0 Å². The Bertz CT molecular complexity index is 362. The number of fused-ring (bicyclic) bond motifs is 1. The molecule has 1 aromatic rings. The maximum atomic E-state index is 10.2. The summed E-state index contributed by atoms with van der Waals surface area (Å²) < 4.78 is 0. The second kappa shape index (κ2) is 5.65. The van der Waals surface area contributed by atoms with Crippen molar-refractivity contribution in [2.24, 2.45) is 5.92 Å². The van der Waals surface area contributed by atoms with Gasteiger partial charge in [0.05, 0.1) is 6.10 Å². The van der Waals surface area contributed by atoms with E-state index in [0.29, 0.717) is 18.5 Å². The van der Waals surface area contributed by atoms with Crippen LogP contribution in [0, 0.1) is 5.92 Å². The fraction of sp³-hybridized carbons (Fsp3) is 0.600. The molecular weight excluding hydrogens is 210 g/mol. The zero-order chi connectivity index (χ0) is 12.3. The molecule has 17 heavy (non-hydrogen) atoms. The first-order chi connectivity index (χ1) is 8.16. The highest BCUT2D eigenvalue weighted by atomic mass is 16.3. The zero-order valence-corrected chi connectivity index (χ0v) is 10.8. The first-order valence-electron chi connectivity index (χ1n) is 6.65. The third kappa shape index (κ3) is 3.30. The maximum Gasteiger partial charge on any atom is 0.0696 e. The van der Waals surface area contributed by atoms with E-state index in [1.165, 1.54) is 11.1 Å². The Labute approximate surface area is 104 Å². The van der Waals surface area contributed by atoms with Crippen LogP contribution in [0.25, 0.3) is 0 Å². The van der Waals surface area contributed by atoms with Crippen LogP contribution in [0.5, 0.6) is 0 Å². The fourth-order valence-electron chi connectivity index (χ4n) is 2.58. The van der Waals surface area contributed by atoms with Gasteiger partial charge in [-0.25, -0.2) is 0 Å². The second-order valence-corrected chi connectivity index (χ2v) is 5.40. The fourth-order valence-corrected chi connectivity index (χ4v) is 2.58.